The molecular formula is C17H20FN3OS. The summed E-state index contributed by atoms with van der Waals surface area (Å²) in [6.07, 6.45) is 1.76. The number of carbonyl (C=O) groups excluding carboxylic acids is 1. The summed E-state index contributed by atoms with van der Waals surface area (Å²) < 4.78 is 13.8. The van der Waals surface area contributed by atoms with Crippen molar-refractivity contribution in [3.05, 3.63) is 46.7 Å². The van der Waals surface area contributed by atoms with E-state index in [1.165, 1.54) is 17.4 Å². The average molecular weight is 333 g/mol. The lowest BCUT2D eigenvalue weighted by atomic mass is 9.89. The molecule has 1 aliphatic rings. The van der Waals surface area contributed by atoms with Crippen LogP contribution in [0.3, 0.4) is 0 Å². The van der Waals surface area contributed by atoms with Gasteiger partial charge in [-0.25, -0.2) is 9.37 Å². The summed E-state index contributed by atoms with van der Waals surface area (Å²) in [5.41, 5.74) is 1.71. The fraction of sp³-hybridized carbons (Fsp3) is 0.412. The third-order valence-corrected chi connectivity index (χ3v) is 5.04. The molecule has 0 radical (unpaired) electrons. The number of hydrogen-bond acceptors (Lipinski definition) is 4. The van der Waals surface area contributed by atoms with Crippen molar-refractivity contribution in [2.45, 2.75) is 25.7 Å². The van der Waals surface area contributed by atoms with Crippen molar-refractivity contribution in [1.82, 2.24) is 9.88 Å². The van der Waals surface area contributed by atoms with Gasteiger partial charge >= 0.3 is 0 Å². The van der Waals surface area contributed by atoms with Crippen molar-refractivity contribution in [1.29, 1.82) is 0 Å². The molecule has 6 heteroatoms. The summed E-state index contributed by atoms with van der Waals surface area (Å²) in [5.74, 6) is 0.0867. The second-order valence-electron chi connectivity index (χ2n) is 5.91. The van der Waals surface area contributed by atoms with E-state index in [2.05, 4.69) is 15.2 Å². The molecule has 0 spiro atoms. The van der Waals surface area contributed by atoms with Gasteiger partial charge in [0.05, 0.1) is 12.2 Å². The van der Waals surface area contributed by atoms with Crippen LogP contribution in [-0.4, -0.2) is 35.4 Å². The number of amides is 1. The summed E-state index contributed by atoms with van der Waals surface area (Å²) in [4.78, 5) is 18.4. The molecule has 2 heterocycles. The Morgan fingerprint density at radius 1 is 1.39 bits per heavy atom. The summed E-state index contributed by atoms with van der Waals surface area (Å²) in [5, 5.41) is 5.39. The van der Waals surface area contributed by atoms with E-state index in [0.29, 0.717) is 11.7 Å². The molecule has 1 aromatic carbocycles. The maximum absolute atomic E-state index is 13.8. The topological polar surface area (TPSA) is 45.2 Å². The Morgan fingerprint density at radius 2 is 2.13 bits per heavy atom. The largest absolute Gasteiger partial charge is 0.301 e. The zero-order valence-corrected chi connectivity index (χ0v) is 13.9. The quantitative estimate of drug-likeness (QED) is 0.932. The molecule has 0 bridgehead atoms. The molecule has 0 unspecified atom stereocenters. The lowest BCUT2D eigenvalue weighted by Crippen LogP contribution is -2.38. The molecule has 0 saturated carbocycles. The zero-order valence-electron chi connectivity index (χ0n) is 13.1. The van der Waals surface area contributed by atoms with Gasteiger partial charge < -0.3 is 5.32 Å². The third-order valence-electron chi connectivity index (χ3n) is 4.17. The molecule has 0 aliphatic carbocycles. The summed E-state index contributed by atoms with van der Waals surface area (Å²) in [6.45, 7) is 3.88. The molecule has 1 N–H and O–H groups in total. The van der Waals surface area contributed by atoms with Crippen LogP contribution in [0.25, 0.3) is 0 Å². The number of anilines is 1. The minimum Gasteiger partial charge on any atom is -0.301 e. The van der Waals surface area contributed by atoms with Crippen molar-refractivity contribution < 1.29 is 9.18 Å². The lowest BCUT2D eigenvalue weighted by Gasteiger charge is -2.31. The molecule has 1 aliphatic heterocycles. The molecule has 1 fully saturated rings. The van der Waals surface area contributed by atoms with Crippen molar-refractivity contribution in [2.75, 3.05) is 25.0 Å². The molecule has 4 nitrogen and oxygen atoms in total. The minimum atomic E-state index is -0.122. The molecule has 1 amide bonds. The van der Waals surface area contributed by atoms with Gasteiger partial charge in [0.15, 0.2) is 5.13 Å². The van der Waals surface area contributed by atoms with Gasteiger partial charge in [-0.05, 0) is 50.4 Å². The molecule has 1 saturated heterocycles. The van der Waals surface area contributed by atoms with Crippen molar-refractivity contribution in [3.8, 4) is 0 Å². The highest BCUT2D eigenvalue weighted by Crippen LogP contribution is 2.29. The number of thiazole rings is 1. The number of nitrogens with zero attached hydrogens (tertiary/aromatic N) is 2. The van der Waals surface area contributed by atoms with Gasteiger partial charge in [-0.3, -0.25) is 9.69 Å². The highest BCUT2D eigenvalue weighted by molar-refractivity contribution is 7.13. The van der Waals surface area contributed by atoms with E-state index < -0.39 is 0 Å². The van der Waals surface area contributed by atoms with Crippen LogP contribution < -0.4 is 5.32 Å². The van der Waals surface area contributed by atoms with Gasteiger partial charge in [0.1, 0.15) is 5.82 Å². The van der Waals surface area contributed by atoms with Crippen LogP contribution in [0, 0.1) is 12.7 Å². The van der Waals surface area contributed by atoms with E-state index >= 15 is 0 Å². The lowest BCUT2D eigenvalue weighted by molar-refractivity contribution is -0.117. The van der Waals surface area contributed by atoms with Gasteiger partial charge in [0.25, 0.3) is 0 Å². The summed E-state index contributed by atoms with van der Waals surface area (Å²) >= 11 is 1.44. The van der Waals surface area contributed by atoms with E-state index in [4.69, 9.17) is 0 Å². The predicted octanol–water partition coefficient (Wildman–Crippen LogP) is 3.41. The first-order valence-corrected chi connectivity index (χ1v) is 8.68. The van der Waals surface area contributed by atoms with E-state index in [1.54, 1.807) is 6.07 Å². The normalized spacial score (nSPS) is 16.4. The smallest absolute Gasteiger partial charge is 0.240 e. The van der Waals surface area contributed by atoms with Crippen LogP contribution in [-0.2, 0) is 4.79 Å². The van der Waals surface area contributed by atoms with Gasteiger partial charge in [0.2, 0.25) is 5.91 Å². The van der Waals surface area contributed by atoms with Crippen LogP contribution in [0.2, 0.25) is 0 Å². The highest BCUT2D eigenvalue weighted by Gasteiger charge is 2.23. The van der Waals surface area contributed by atoms with Crippen LogP contribution in [0.5, 0.6) is 0 Å². The maximum atomic E-state index is 13.8. The number of benzene rings is 1. The first-order chi connectivity index (χ1) is 11.1. The average Bonchev–Trinajstić information content (AvgIpc) is 2.93. The first-order valence-electron chi connectivity index (χ1n) is 7.80. The number of aromatic nitrogens is 1. The molecule has 1 aromatic heterocycles. The summed E-state index contributed by atoms with van der Waals surface area (Å²) in [6, 6.07) is 6.99. The Morgan fingerprint density at radius 3 is 2.78 bits per heavy atom. The Bertz CT molecular complexity index is 680. The molecule has 0 atom stereocenters. The van der Waals surface area contributed by atoms with Gasteiger partial charge in [-0.15, -0.1) is 11.3 Å². The van der Waals surface area contributed by atoms with Gasteiger partial charge in [-0.1, -0.05) is 18.2 Å². The monoisotopic (exact) mass is 333 g/mol. The van der Waals surface area contributed by atoms with Crippen molar-refractivity contribution in [3.63, 3.8) is 0 Å². The minimum absolute atomic E-state index is 0.0382. The number of likely N-dealkylation sites (tertiary alicyclic amines) is 1. The number of piperidine rings is 1. The van der Waals surface area contributed by atoms with E-state index in [-0.39, 0.29) is 17.6 Å². The van der Waals surface area contributed by atoms with Gasteiger partial charge in [0, 0.05) is 5.38 Å². The van der Waals surface area contributed by atoms with E-state index in [0.717, 1.165) is 37.2 Å². The van der Waals surface area contributed by atoms with E-state index in [1.807, 2.05) is 24.4 Å². The second-order valence-corrected chi connectivity index (χ2v) is 6.77. The third kappa shape index (κ3) is 4.14. The number of halogens is 1. The predicted molar refractivity (Wildman–Crippen MR) is 90.3 cm³/mol. The number of aryl methyl sites for hydroxylation is 1. The van der Waals surface area contributed by atoms with Crippen LogP contribution in [0.1, 0.15) is 30.0 Å². The Balaban J connectivity index is 1.49. The van der Waals surface area contributed by atoms with E-state index in [9.17, 15) is 9.18 Å². The molecule has 122 valence electrons. The van der Waals surface area contributed by atoms with Gasteiger partial charge in [-0.2, -0.15) is 0 Å². The van der Waals surface area contributed by atoms with Crippen molar-refractivity contribution >= 4 is 22.4 Å². The molecular weight excluding hydrogens is 313 g/mol. The highest BCUT2D eigenvalue weighted by atomic mass is 32.1. The number of carbonyl (C=O) groups is 1. The van der Waals surface area contributed by atoms with Crippen molar-refractivity contribution in [2.24, 2.45) is 0 Å². The van der Waals surface area contributed by atoms with Crippen LogP contribution >= 0.6 is 11.3 Å². The Labute approximate surface area is 139 Å². The number of nitrogens with one attached hydrogen (secondary N) is 1. The Kier molecular flexibility index (Phi) is 5.03. The van der Waals surface area contributed by atoms with Crippen LogP contribution in [0.4, 0.5) is 9.52 Å². The Hall–Kier alpha value is -1.79. The number of hydrogen-bond donors (Lipinski definition) is 1. The molecule has 23 heavy (non-hydrogen) atoms. The fourth-order valence-electron chi connectivity index (χ4n) is 2.98. The second kappa shape index (κ2) is 7.19. The summed E-state index contributed by atoms with van der Waals surface area (Å²) in [7, 11) is 0. The SMILES string of the molecule is Cc1csc(NC(=O)CN2CCC(c3ccccc3F)CC2)n1. The maximum Gasteiger partial charge on any atom is 0.240 e. The standard InChI is InChI=1S/C17H20FN3OS/c1-12-11-23-17(19-12)20-16(22)10-21-8-6-13(7-9-21)14-4-2-3-5-15(14)18/h2-5,11,13H,6-10H2,1H3,(H,19,20,22). The molecule has 2 aromatic rings. The first kappa shape index (κ1) is 16.1. The fourth-order valence-corrected chi connectivity index (χ4v) is 3.69. The number of rotatable bonds is 4. The zero-order chi connectivity index (χ0) is 16.2. The molecule has 3 rings (SSSR count). The van der Waals surface area contributed by atoms with Crippen LogP contribution in [0.15, 0.2) is 29.6 Å².